The molecule has 0 saturated carbocycles. The lowest BCUT2D eigenvalue weighted by atomic mass is 10.1. The van der Waals surface area contributed by atoms with Gasteiger partial charge in [-0.1, -0.05) is 0 Å². The van der Waals surface area contributed by atoms with Gasteiger partial charge >= 0.3 is 6.18 Å². The van der Waals surface area contributed by atoms with Crippen molar-refractivity contribution in [2.45, 2.75) is 6.18 Å². The zero-order valence-corrected chi connectivity index (χ0v) is 9.97. The lowest BCUT2D eigenvalue weighted by molar-refractivity contribution is -0.139. The zero-order chi connectivity index (χ0) is 13.3. The maximum atomic E-state index is 13.1. The molecule has 1 aliphatic heterocycles. The Hall–Kier alpha value is -1.30. The topological polar surface area (TPSA) is 6.48 Å². The highest BCUT2D eigenvalue weighted by atomic mass is 19.4. The first kappa shape index (κ1) is 13.1. The molecule has 0 radical (unpaired) electrons. The summed E-state index contributed by atoms with van der Waals surface area (Å²) in [4.78, 5) is 3.94. The molecule has 0 atom stereocenters. The van der Waals surface area contributed by atoms with Crippen molar-refractivity contribution in [3.63, 3.8) is 0 Å². The third-order valence-corrected chi connectivity index (χ3v) is 3.12. The highest BCUT2D eigenvalue weighted by molar-refractivity contribution is 5.50. The SMILES string of the molecule is CN1CCN(c2ccc(F)c(C(F)(F)F)c2)CC1. The van der Waals surface area contributed by atoms with Crippen molar-refractivity contribution in [1.82, 2.24) is 4.90 Å². The number of hydrogen-bond acceptors (Lipinski definition) is 2. The number of hydrogen-bond donors (Lipinski definition) is 0. The van der Waals surface area contributed by atoms with E-state index in [1.165, 1.54) is 6.07 Å². The maximum Gasteiger partial charge on any atom is 0.419 e. The Morgan fingerprint density at radius 3 is 2.22 bits per heavy atom. The highest BCUT2D eigenvalue weighted by Crippen LogP contribution is 2.34. The fourth-order valence-electron chi connectivity index (χ4n) is 1.99. The van der Waals surface area contributed by atoms with Gasteiger partial charge in [-0.15, -0.1) is 0 Å². The summed E-state index contributed by atoms with van der Waals surface area (Å²) in [6.07, 6.45) is -4.65. The quantitative estimate of drug-likeness (QED) is 0.718. The van der Waals surface area contributed by atoms with E-state index in [9.17, 15) is 17.6 Å². The molecular formula is C12H14F4N2. The van der Waals surface area contributed by atoms with Gasteiger partial charge in [0.05, 0.1) is 5.56 Å². The van der Waals surface area contributed by atoms with Crippen LogP contribution in [0.2, 0.25) is 0 Å². The summed E-state index contributed by atoms with van der Waals surface area (Å²) in [5, 5.41) is 0. The third kappa shape index (κ3) is 2.75. The smallest absolute Gasteiger partial charge is 0.369 e. The van der Waals surface area contributed by atoms with E-state index < -0.39 is 17.6 Å². The lowest BCUT2D eigenvalue weighted by Gasteiger charge is -2.34. The first-order chi connectivity index (χ1) is 8.38. The standard InChI is InChI=1S/C12H14F4N2/c1-17-4-6-18(7-5-17)9-2-3-11(13)10(8-9)12(14,15)16/h2-3,8H,4-7H2,1H3. The van der Waals surface area contributed by atoms with Crippen molar-refractivity contribution in [3.8, 4) is 0 Å². The van der Waals surface area contributed by atoms with E-state index in [1.54, 1.807) is 0 Å². The maximum absolute atomic E-state index is 13.1. The molecule has 0 spiro atoms. The van der Waals surface area contributed by atoms with Crippen LogP contribution < -0.4 is 4.90 Å². The molecule has 2 rings (SSSR count). The number of anilines is 1. The number of halogens is 4. The van der Waals surface area contributed by atoms with Crippen LogP contribution in [0.15, 0.2) is 18.2 Å². The van der Waals surface area contributed by atoms with Gasteiger partial charge in [0.25, 0.3) is 0 Å². The number of nitrogens with zero attached hydrogens (tertiary/aromatic N) is 2. The normalized spacial score (nSPS) is 18.2. The Morgan fingerprint density at radius 2 is 1.67 bits per heavy atom. The van der Waals surface area contributed by atoms with Gasteiger partial charge in [0.1, 0.15) is 5.82 Å². The molecule has 18 heavy (non-hydrogen) atoms. The molecule has 0 N–H and O–H groups in total. The number of alkyl halides is 3. The molecule has 0 unspecified atom stereocenters. The summed E-state index contributed by atoms with van der Waals surface area (Å²) < 4.78 is 50.9. The Morgan fingerprint density at radius 1 is 1.06 bits per heavy atom. The Bertz CT molecular complexity index is 423. The molecule has 1 fully saturated rings. The van der Waals surface area contributed by atoms with E-state index in [0.29, 0.717) is 18.8 Å². The van der Waals surface area contributed by atoms with Crippen LogP contribution in [0.5, 0.6) is 0 Å². The zero-order valence-electron chi connectivity index (χ0n) is 9.97. The molecule has 1 heterocycles. The van der Waals surface area contributed by atoms with Crippen LogP contribution in [0, 0.1) is 5.82 Å². The van der Waals surface area contributed by atoms with E-state index in [2.05, 4.69) is 4.90 Å². The molecule has 1 aromatic carbocycles. The van der Waals surface area contributed by atoms with Gasteiger partial charge in [-0.05, 0) is 25.2 Å². The van der Waals surface area contributed by atoms with Gasteiger partial charge in [-0.3, -0.25) is 0 Å². The largest absolute Gasteiger partial charge is 0.419 e. The fraction of sp³-hybridized carbons (Fsp3) is 0.500. The molecule has 100 valence electrons. The van der Waals surface area contributed by atoms with Gasteiger partial charge in [0.15, 0.2) is 0 Å². The van der Waals surface area contributed by atoms with Crippen molar-refractivity contribution in [3.05, 3.63) is 29.6 Å². The van der Waals surface area contributed by atoms with Gasteiger partial charge in [0.2, 0.25) is 0 Å². The van der Waals surface area contributed by atoms with E-state index in [0.717, 1.165) is 25.2 Å². The third-order valence-electron chi connectivity index (χ3n) is 3.12. The van der Waals surface area contributed by atoms with Crippen molar-refractivity contribution in [2.75, 3.05) is 38.1 Å². The average Bonchev–Trinajstić information content (AvgIpc) is 2.29. The predicted molar refractivity (Wildman–Crippen MR) is 61.1 cm³/mol. The van der Waals surface area contributed by atoms with Crippen LogP contribution in [0.1, 0.15) is 5.56 Å². The molecule has 1 aliphatic rings. The van der Waals surface area contributed by atoms with Gasteiger partial charge in [-0.25, -0.2) is 4.39 Å². The second-order valence-corrected chi connectivity index (χ2v) is 4.45. The molecule has 1 saturated heterocycles. The summed E-state index contributed by atoms with van der Waals surface area (Å²) >= 11 is 0. The average molecular weight is 262 g/mol. The van der Waals surface area contributed by atoms with Crippen LogP contribution in [-0.2, 0) is 6.18 Å². The van der Waals surface area contributed by atoms with E-state index in [-0.39, 0.29) is 0 Å². The number of likely N-dealkylation sites (N-methyl/N-ethyl adjacent to an activating group) is 1. The fourth-order valence-corrected chi connectivity index (χ4v) is 1.99. The molecular weight excluding hydrogens is 248 g/mol. The van der Waals surface area contributed by atoms with E-state index >= 15 is 0 Å². The van der Waals surface area contributed by atoms with Crippen molar-refractivity contribution in [2.24, 2.45) is 0 Å². The van der Waals surface area contributed by atoms with Crippen LogP contribution in [0.25, 0.3) is 0 Å². The summed E-state index contributed by atoms with van der Waals surface area (Å²) in [5.41, 5.74) is -0.768. The number of benzene rings is 1. The molecule has 0 bridgehead atoms. The van der Waals surface area contributed by atoms with Gasteiger partial charge in [0, 0.05) is 31.9 Å². The monoisotopic (exact) mass is 262 g/mol. The minimum absolute atomic E-state index is 0.428. The van der Waals surface area contributed by atoms with E-state index in [4.69, 9.17) is 0 Å². The van der Waals surface area contributed by atoms with Crippen LogP contribution >= 0.6 is 0 Å². The first-order valence-electron chi connectivity index (χ1n) is 5.68. The molecule has 0 aliphatic carbocycles. The summed E-state index contributed by atoms with van der Waals surface area (Å²) in [5.74, 6) is -1.22. The Labute approximate surface area is 103 Å². The Kier molecular flexibility index (Phi) is 3.47. The van der Waals surface area contributed by atoms with Crippen molar-refractivity contribution in [1.29, 1.82) is 0 Å². The minimum atomic E-state index is -4.65. The second kappa shape index (κ2) is 4.76. The molecule has 1 aromatic rings. The molecule has 2 nitrogen and oxygen atoms in total. The van der Waals surface area contributed by atoms with Crippen molar-refractivity contribution >= 4 is 5.69 Å². The highest BCUT2D eigenvalue weighted by Gasteiger charge is 2.34. The minimum Gasteiger partial charge on any atom is -0.369 e. The predicted octanol–water partition coefficient (Wildman–Crippen LogP) is 2.60. The van der Waals surface area contributed by atoms with Crippen LogP contribution in [-0.4, -0.2) is 38.1 Å². The molecule has 0 amide bonds. The Balaban J connectivity index is 2.24. The van der Waals surface area contributed by atoms with E-state index in [1.807, 2.05) is 11.9 Å². The van der Waals surface area contributed by atoms with Crippen LogP contribution in [0.4, 0.5) is 23.2 Å². The van der Waals surface area contributed by atoms with Crippen molar-refractivity contribution < 1.29 is 17.6 Å². The summed E-state index contributed by atoms with van der Waals surface area (Å²) in [6, 6.07) is 3.17. The van der Waals surface area contributed by atoms with Crippen LogP contribution in [0.3, 0.4) is 0 Å². The molecule has 6 heteroatoms. The lowest BCUT2D eigenvalue weighted by Crippen LogP contribution is -2.44. The first-order valence-corrected chi connectivity index (χ1v) is 5.68. The van der Waals surface area contributed by atoms with Gasteiger partial charge in [-0.2, -0.15) is 13.2 Å². The number of piperazine rings is 1. The summed E-state index contributed by atoms with van der Waals surface area (Å²) in [7, 11) is 1.96. The van der Waals surface area contributed by atoms with Gasteiger partial charge < -0.3 is 9.80 Å². The molecule has 0 aromatic heterocycles. The summed E-state index contributed by atoms with van der Waals surface area (Å²) in [6.45, 7) is 2.89. The second-order valence-electron chi connectivity index (χ2n) is 4.45. The number of rotatable bonds is 1.